The Kier molecular flexibility index (Phi) is 3.24. The Balaban J connectivity index is 2.35. The zero-order valence-corrected chi connectivity index (χ0v) is 11.3. The Morgan fingerprint density at radius 2 is 1.78 bits per heavy atom. The van der Waals surface area contributed by atoms with E-state index in [1.807, 2.05) is 61.9 Å². The third-order valence-corrected chi connectivity index (χ3v) is 3.45. The van der Waals surface area contributed by atoms with Crippen molar-refractivity contribution in [1.82, 2.24) is 4.57 Å². The minimum absolute atomic E-state index is 0.0300. The summed E-state index contributed by atoms with van der Waals surface area (Å²) in [6.45, 7) is 3.98. The van der Waals surface area contributed by atoms with Gasteiger partial charge in [0, 0.05) is 31.2 Å². The van der Waals surface area contributed by atoms with Crippen molar-refractivity contribution in [1.29, 1.82) is 0 Å². The fourth-order valence-corrected chi connectivity index (χ4v) is 2.02. The van der Waals surface area contributed by atoms with Crippen LogP contribution < -0.4 is 4.90 Å². The molecule has 0 bridgehead atoms. The lowest BCUT2D eigenvalue weighted by molar-refractivity contribution is 0.0992. The van der Waals surface area contributed by atoms with Gasteiger partial charge >= 0.3 is 0 Å². The molecule has 1 aromatic carbocycles. The monoisotopic (exact) mass is 242 g/mol. The molecule has 0 radical (unpaired) electrons. The summed E-state index contributed by atoms with van der Waals surface area (Å²) in [7, 11) is 3.78. The SMILES string of the molecule is Cc1cc(C(=O)N(C)c2ccccc2)c(C)n1C. The lowest BCUT2D eigenvalue weighted by Crippen LogP contribution is -2.26. The molecule has 2 rings (SSSR count). The number of rotatable bonds is 2. The van der Waals surface area contributed by atoms with Crippen molar-refractivity contribution in [3.05, 3.63) is 53.3 Å². The van der Waals surface area contributed by atoms with Crippen LogP contribution >= 0.6 is 0 Å². The van der Waals surface area contributed by atoms with Crippen molar-refractivity contribution in [2.24, 2.45) is 7.05 Å². The molecule has 1 aromatic heterocycles. The standard InChI is InChI=1S/C15H18N2O/c1-11-10-14(12(2)16(11)3)15(18)17(4)13-8-6-5-7-9-13/h5-10H,1-4H3. The number of anilines is 1. The van der Waals surface area contributed by atoms with Crippen LogP contribution in [-0.4, -0.2) is 17.5 Å². The van der Waals surface area contributed by atoms with E-state index in [1.165, 1.54) is 0 Å². The summed E-state index contributed by atoms with van der Waals surface area (Å²) in [5.74, 6) is 0.0300. The summed E-state index contributed by atoms with van der Waals surface area (Å²) in [6.07, 6.45) is 0. The van der Waals surface area contributed by atoms with Crippen molar-refractivity contribution < 1.29 is 4.79 Å². The third-order valence-electron chi connectivity index (χ3n) is 3.45. The summed E-state index contributed by atoms with van der Waals surface area (Å²) >= 11 is 0. The Morgan fingerprint density at radius 1 is 1.17 bits per heavy atom. The summed E-state index contributed by atoms with van der Waals surface area (Å²) in [5.41, 5.74) is 3.77. The van der Waals surface area contributed by atoms with Gasteiger partial charge in [-0.15, -0.1) is 0 Å². The highest BCUT2D eigenvalue weighted by molar-refractivity contribution is 6.06. The number of hydrogen-bond donors (Lipinski definition) is 0. The second-order valence-corrected chi connectivity index (χ2v) is 4.54. The number of aryl methyl sites for hydroxylation is 1. The first-order chi connectivity index (χ1) is 8.52. The van der Waals surface area contributed by atoms with Gasteiger partial charge in [-0.2, -0.15) is 0 Å². The fourth-order valence-electron chi connectivity index (χ4n) is 2.02. The van der Waals surface area contributed by atoms with Crippen LogP contribution in [0.25, 0.3) is 0 Å². The summed E-state index contributed by atoms with van der Waals surface area (Å²) in [4.78, 5) is 14.1. The predicted molar refractivity (Wildman–Crippen MR) is 74.1 cm³/mol. The number of carbonyl (C=O) groups excluding carboxylic acids is 1. The minimum Gasteiger partial charge on any atom is -0.351 e. The molecule has 94 valence electrons. The number of aromatic nitrogens is 1. The molecule has 1 heterocycles. The van der Waals surface area contributed by atoms with E-state index in [4.69, 9.17) is 0 Å². The van der Waals surface area contributed by atoms with Crippen molar-refractivity contribution in [3.8, 4) is 0 Å². The molecule has 2 aromatic rings. The molecule has 3 heteroatoms. The van der Waals surface area contributed by atoms with Gasteiger partial charge in [0.25, 0.3) is 5.91 Å². The van der Waals surface area contributed by atoms with Gasteiger partial charge in [-0.3, -0.25) is 4.79 Å². The molecule has 3 nitrogen and oxygen atoms in total. The fraction of sp³-hybridized carbons (Fsp3) is 0.267. The van der Waals surface area contributed by atoms with E-state index in [0.717, 1.165) is 22.6 Å². The van der Waals surface area contributed by atoms with Gasteiger partial charge < -0.3 is 9.47 Å². The smallest absolute Gasteiger partial charge is 0.259 e. The molecular weight excluding hydrogens is 224 g/mol. The molecule has 0 aliphatic rings. The third kappa shape index (κ3) is 2.04. The van der Waals surface area contributed by atoms with E-state index in [1.54, 1.807) is 11.9 Å². The first-order valence-corrected chi connectivity index (χ1v) is 5.98. The summed E-state index contributed by atoms with van der Waals surface area (Å²) in [6, 6.07) is 11.6. The van der Waals surface area contributed by atoms with Crippen molar-refractivity contribution >= 4 is 11.6 Å². The molecule has 0 N–H and O–H groups in total. The van der Waals surface area contributed by atoms with Crippen molar-refractivity contribution in [3.63, 3.8) is 0 Å². The van der Waals surface area contributed by atoms with Gasteiger partial charge in [0.1, 0.15) is 0 Å². The molecule has 0 unspecified atom stereocenters. The van der Waals surface area contributed by atoms with E-state index in [9.17, 15) is 4.79 Å². The minimum atomic E-state index is 0.0300. The number of carbonyl (C=O) groups is 1. The van der Waals surface area contributed by atoms with Crippen LogP contribution in [0.4, 0.5) is 5.69 Å². The van der Waals surface area contributed by atoms with Crippen LogP contribution in [-0.2, 0) is 7.05 Å². The van der Waals surface area contributed by atoms with E-state index in [0.29, 0.717) is 0 Å². The first kappa shape index (κ1) is 12.4. The summed E-state index contributed by atoms with van der Waals surface area (Å²) < 4.78 is 2.03. The number of para-hydroxylation sites is 1. The molecule has 0 saturated carbocycles. The zero-order valence-electron chi connectivity index (χ0n) is 11.3. The lowest BCUT2D eigenvalue weighted by atomic mass is 10.2. The molecule has 18 heavy (non-hydrogen) atoms. The van der Waals surface area contributed by atoms with Crippen LogP contribution in [0.15, 0.2) is 36.4 Å². The van der Waals surface area contributed by atoms with Crippen LogP contribution in [0.5, 0.6) is 0 Å². The van der Waals surface area contributed by atoms with Crippen LogP contribution in [0.3, 0.4) is 0 Å². The molecule has 0 atom stereocenters. The number of benzene rings is 1. The predicted octanol–water partition coefficient (Wildman–Crippen LogP) is 2.92. The number of hydrogen-bond acceptors (Lipinski definition) is 1. The Morgan fingerprint density at radius 3 is 2.28 bits per heavy atom. The second kappa shape index (κ2) is 4.69. The molecule has 0 aliphatic heterocycles. The Hall–Kier alpha value is -2.03. The average molecular weight is 242 g/mol. The maximum atomic E-state index is 12.4. The number of nitrogens with zero attached hydrogens (tertiary/aromatic N) is 2. The van der Waals surface area contributed by atoms with Gasteiger partial charge in [0.05, 0.1) is 5.56 Å². The van der Waals surface area contributed by atoms with Crippen LogP contribution in [0, 0.1) is 13.8 Å². The highest BCUT2D eigenvalue weighted by Crippen LogP contribution is 2.19. The first-order valence-electron chi connectivity index (χ1n) is 5.98. The second-order valence-electron chi connectivity index (χ2n) is 4.54. The van der Waals surface area contributed by atoms with E-state index in [-0.39, 0.29) is 5.91 Å². The van der Waals surface area contributed by atoms with Crippen LogP contribution in [0.2, 0.25) is 0 Å². The van der Waals surface area contributed by atoms with E-state index < -0.39 is 0 Å². The highest BCUT2D eigenvalue weighted by Gasteiger charge is 2.18. The Bertz CT molecular complexity index is 570. The average Bonchev–Trinajstić information content (AvgIpc) is 2.66. The van der Waals surface area contributed by atoms with Crippen molar-refractivity contribution in [2.45, 2.75) is 13.8 Å². The lowest BCUT2D eigenvalue weighted by Gasteiger charge is -2.17. The molecule has 0 aliphatic carbocycles. The quantitative estimate of drug-likeness (QED) is 0.795. The zero-order chi connectivity index (χ0) is 13.3. The molecule has 0 fully saturated rings. The van der Waals surface area contributed by atoms with Crippen LogP contribution in [0.1, 0.15) is 21.7 Å². The maximum absolute atomic E-state index is 12.4. The maximum Gasteiger partial charge on any atom is 0.259 e. The van der Waals surface area contributed by atoms with Gasteiger partial charge in [0.15, 0.2) is 0 Å². The van der Waals surface area contributed by atoms with Gasteiger partial charge in [-0.25, -0.2) is 0 Å². The highest BCUT2D eigenvalue weighted by atomic mass is 16.2. The van der Waals surface area contributed by atoms with E-state index in [2.05, 4.69) is 0 Å². The largest absolute Gasteiger partial charge is 0.351 e. The Labute approximate surface area is 108 Å². The number of amides is 1. The van der Waals surface area contributed by atoms with Crippen molar-refractivity contribution in [2.75, 3.05) is 11.9 Å². The summed E-state index contributed by atoms with van der Waals surface area (Å²) in [5, 5.41) is 0. The van der Waals surface area contributed by atoms with E-state index >= 15 is 0 Å². The molecular formula is C15H18N2O. The normalized spacial score (nSPS) is 10.4. The van der Waals surface area contributed by atoms with Gasteiger partial charge in [-0.05, 0) is 32.0 Å². The molecule has 0 saturated heterocycles. The topological polar surface area (TPSA) is 25.2 Å². The van der Waals surface area contributed by atoms with Gasteiger partial charge in [-0.1, -0.05) is 18.2 Å². The molecule has 1 amide bonds. The van der Waals surface area contributed by atoms with Gasteiger partial charge in [0.2, 0.25) is 0 Å². The molecule has 0 spiro atoms.